The van der Waals surface area contributed by atoms with Crippen LogP contribution in [0.4, 0.5) is 0 Å². The van der Waals surface area contributed by atoms with E-state index >= 15 is 0 Å². The summed E-state index contributed by atoms with van der Waals surface area (Å²) in [6.45, 7) is 0. The van der Waals surface area contributed by atoms with Crippen molar-refractivity contribution in [2.24, 2.45) is 5.73 Å². The van der Waals surface area contributed by atoms with Crippen molar-refractivity contribution in [1.29, 1.82) is 0 Å². The molecule has 0 aliphatic carbocycles. The van der Waals surface area contributed by atoms with Gasteiger partial charge in [-0.15, -0.1) is 0 Å². The van der Waals surface area contributed by atoms with Gasteiger partial charge in [0, 0.05) is 25.0 Å². The fraction of sp³-hybridized carbons (Fsp3) is 0.200. The van der Waals surface area contributed by atoms with Crippen LogP contribution < -0.4 is 5.73 Å². The first-order valence-electron chi connectivity index (χ1n) is 4.40. The Balaban J connectivity index is 2.07. The minimum atomic E-state index is -0.158. The monoisotopic (exact) mass is 189 g/mol. The minimum Gasteiger partial charge on any atom is -0.469 e. The van der Waals surface area contributed by atoms with Crippen molar-refractivity contribution >= 4 is 0 Å². The Labute approximate surface area is 81.8 Å². The lowest BCUT2D eigenvalue weighted by Gasteiger charge is -2.07. The van der Waals surface area contributed by atoms with Crippen molar-refractivity contribution in [3.05, 3.63) is 48.4 Å². The first-order chi connectivity index (χ1) is 6.86. The van der Waals surface area contributed by atoms with Crippen LogP contribution in [0.25, 0.3) is 0 Å². The predicted molar refractivity (Wildman–Crippen MR) is 51.4 cm³/mol. The van der Waals surface area contributed by atoms with E-state index in [4.69, 9.17) is 10.2 Å². The summed E-state index contributed by atoms with van der Waals surface area (Å²) in [4.78, 5) is 8.09. The lowest BCUT2D eigenvalue weighted by molar-refractivity contribution is 0.485. The maximum absolute atomic E-state index is 5.92. The predicted octanol–water partition coefficient (Wildman–Crippen LogP) is 1.31. The first kappa shape index (κ1) is 8.90. The average molecular weight is 189 g/mol. The molecule has 2 rings (SSSR count). The van der Waals surface area contributed by atoms with Crippen LogP contribution in [-0.2, 0) is 6.42 Å². The Hall–Kier alpha value is -1.68. The number of nitrogens with zero attached hydrogens (tertiary/aromatic N) is 2. The van der Waals surface area contributed by atoms with Crippen LogP contribution in [0.2, 0.25) is 0 Å². The highest BCUT2D eigenvalue weighted by atomic mass is 16.3. The van der Waals surface area contributed by atoms with Gasteiger partial charge in [-0.2, -0.15) is 0 Å². The maximum atomic E-state index is 5.92. The molecule has 0 aliphatic rings. The second-order valence-electron chi connectivity index (χ2n) is 3.02. The topological polar surface area (TPSA) is 64.9 Å². The van der Waals surface area contributed by atoms with Crippen molar-refractivity contribution in [2.45, 2.75) is 12.5 Å². The van der Waals surface area contributed by atoms with E-state index in [2.05, 4.69) is 9.97 Å². The van der Waals surface area contributed by atoms with Crippen molar-refractivity contribution in [2.75, 3.05) is 0 Å². The molecule has 0 fully saturated rings. The van der Waals surface area contributed by atoms with Gasteiger partial charge in [0.25, 0.3) is 0 Å². The number of rotatable bonds is 3. The molecule has 1 unspecified atom stereocenters. The summed E-state index contributed by atoms with van der Waals surface area (Å²) in [7, 11) is 0. The lowest BCUT2D eigenvalue weighted by atomic mass is 10.1. The van der Waals surface area contributed by atoms with Crippen LogP contribution in [0, 0.1) is 0 Å². The lowest BCUT2D eigenvalue weighted by Crippen LogP contribution is -2.14. The summed E-state index contributed by atoms with van der Waals surface area (Å²) in [5.74, 6) is 0.864. The molecule has 14 heavy (non-hydrogen) atoms. The highest BCUT2D eigenvalue weighted by molar-refractivity contribution is 5.07. The molecule has 0 amide bonds. The van der Waals surface area contributed by atoms with E-state index in [1.165, 1.54) is 0 Å². The van der Waals surface area contributed by atoms with E-state index < -0.39 is 0 Å². The van der Waals surface area contributed by atoms with E-state index in [0.29, 0.717) is 6.42 Å². The van der Waals surface area contributed by atoms with Gasteiger partial charge in [-0.05, 0) is 12.1 Å². The zero-order valence-corrected chi connectivity index (χ0v) is 7.63. The van der Waals surface area contributed by atoms with Crippen molar-refractivity contribution in [1.82, 2.24) is 9.97 Å². The van der Waals surface area contributed by atoms with Crippen molar-refractivity contribution in [3.63, 3.8) is 0 Å². The van der Waals surface area contributed by atoms with E-state index in [-0.39, 0.29) is 6.04 Å². The van der Waals surface area contributed by atoms with Gasteiger partial charge in [0.15, 0.2) is 0 Å². The summed E-state index contributed by atoms with van der Waals surface area (Å²) in [5, 5.41) is 0. The third-order valence-corrected chi connectivity index (χ3v) is 1.96. The van der Waals surface area contributed by atoms with Crippen LogP contribution in [0.15, 0.2) is 41.4 Å². The summed E-state index contributed by atoms with van der Waals surface area (Å²) in [6.07, 6.45) is 7.22. The third kappa shape index (κ3) is 1.97. The molecule has 0 saturated heterocycles. The molecule has 4 nitrogen and oxygen atoms in total. The fourth-order valence-corrected chi connectivity index (χ4v) is 1.25. The second kappa shape index (κ2) is 4.02. The van der Waals surface area contributed by atoms with Crippen LogP contribution in [0.3, 0.4) is 0 Å². The van der Waals surface area contributed by atoms with Crippen LogP contribution >= 0.6 is 0 Å². The van der Waals surface area contributed by atoms with Gasteiger partial charge in [0.05, 0.1) is 18.0 Å². The quantitative estimate of drug-likeness (QED) is 0.790. The van der Waals surface area contributed by atoms with Gasteiger partial charge in [0.1, 0.15) is 5.76 Å². The van der Waals surface area contributed by atoms with E-state index in [0.717, 1.165) is 11.5 Å². The highest BCUT2D eigenvalue weighted by Gasteiger charge is 2.09. The molecule has 0 spiro atoms. The van der Waals surface area contributed by atoms with Crippen LogP contribution in [0.1, 0.15) is 17.5 Å². The van der Waals surface area contributed by atoms with Crippen molar-refractivity contribution in [3.8, 4) is 0 Å². The van der Waals surface area contributed by atoms with E-state index in [9.17, 15) is 0 Å². The molecule has 2 aromatic rings. The Bertz CT molecular complexity index is 372. The summed E-state index contributed by atoms with van der Waals surface area (Å²) in [6, 6.07) is 3.59. The fourth-order valence-electron chi connectivity index (χ4n) is 1.25. The Kier molecular flexibility index (Phi) is 2.55. The van der Waals surface area contributed by atoms with Gasteiger partial charge in [-0.25, -0.2) is 0 Å². The molecule has 0 bridgehead atoms. The summed E-state index contributed by atoms with van der Waals surface area (Å²) >= 11 is 0. The molecular weight excluding hydrogens is 178 g/mol. The third-order valence-electron chi connectivity index (χ3n) is 1.96. The van der Waals surface area contributed by atoms with Gasteiger partial charge < -0.3 is 10.2 Å². The normalized spacial score (nSPS) is 12.6. The smallest absolute Gasteiger partial charge is 0.105 e. The maximum Gasteiger partial charge on any atom is 0.105 e. The highest BCUT2D eigenvalue weighted by Crippen LogP contribution is 2.12. The molecule has 0 radical (unpaired) electrons. The number of hydrogen-bond acceptors (Lipinski definition) is 4. The molecule has 72 valence electrons. The summed E-state index contributed by atoms with van der Waals surface area (Å²) < 4.78 is 5.20. The van der Waals surface area contributed by atoms with Gasteiger partial charge >= 0.3 is 0 Å². The van der Waals surface area contributed by atoms with Gasteiger partial charge in [0.2, 0.25) is 0 Å². The zero-order chi connectivity index (χ0) is 9.80. The number of nitrogens with two attached hydrogens (primary N) is 1. The van der Waals surface area contributed by atoms with Gasteiger partial charge in [-0.3, -0.25) is 9.97 Å². The number of furan rings is 1. The standard InChI is InChI=1S/C10H11N3O/c11-9(6-8-2-1-5-14-8)10-7-12-3-4-13-10/h1-5,7,9H,6,11H2. The second-order valence-corrected chi connectivity index (χ2v) is 3.02. The average Bonchev–Trinajstić information content (AvgIpc) is 2.72. The van der Waals surface area contributed by atoms with E-state index in [1.807, 2.05) is 12.1 Å². The van der Waals surface area contributed by atoms with Crippen LogP contribution in [0.5, 0.6) is 0 Å². The molecule has 2 heterocycles. The molecule has 4 heteroatoms. The zero-order valence-electron chi connectivity index (χ0n) is 7.63. The Morgan fingerprint density at radius 3 is 3.00 bits per heavy atom. The van der Waals surface area contributed by atoms with Crippen LogP contribution in [-0.4, -0.2) is 9.97 Å². The van der Waals surface area contributed by atoms with Crippen molar-refractivity contribution < 1.29 is 4.42 Å². The van der Waals surface area contributed by atoms with Gasteiger partial charge in [-0.1, -0.05) is 0 Å². The SMILES string of the molecule is NC(Cc1ccco1)c1cnccn1. The molecule has 0 aromatic carbocycles. The molecule has 0 saturated carbocycles. The first-order valence-corrected chi connectivity index (χ1v) is 4.40. The molecule has 2 aromatic heterocycles. The number of hydrogen-bond donors (Lipinski definition) is 1. The molecular formula is C10H11N3O. The van der Waals surface area contributed by atoms with E-state index in [1.54, 1.807) is 24.9 Å². The Morgan fingerprint density at radius 1 is 1.43 bits per heavy atom. The molecule has 1 atom stereocenters. The Morgan fingerprint density at radius 2 is 2.36 bits per heavy atom. The number of aromatic nitrogens is 2. The molecule has 2 N–H and O–H groups in total. The summed E-state index contributed by atoms with van der Waals surface area (Å²) in [5.41, 5.74) is 6.71. The largest absolute Gasteiger partial charge is 0.469 e. The minimum absolute atomic E-state index is 0.158. The molecule has 0 aliphatic heterocycles.